The van der Waals surface area contributed by atoms with E-state index >= 15 is 4.39 Å². The van der Waals surface area contributed by atoms with E-state index in [-0.39, 0.29) is 18.1 Å². The van der Waals surface area contributed by atoms with Gasteiger partial charge < -0.3 is 4.57 Å². The molecule has 1 aliphatic carbocycles. The monoisotopic (exact) mass is 591 g/mol. The Labute approximate surface area is 252 Å². The minimum atomic E-state index is -3.22. The number of nitrogens with zero attached hydrogens (tertiary/aromatic N) is 2. The number of halogens is 1. The fourth-order valence-electron chi connectivity index (χ4n) is 5.36. The van der Waals surface area contributed by atoms with Crippen molar-refractivity contribution in [2.75, 3.05) is 0 Å². The molecule has 0 bridgehead atoms. The maximum absolute atomic E-state index is 15.2. The Bertz CT molecular complexity index is 2000. The fourth-order valence-corrected chi connectivity index (χ4v) is 6.47. The standard InChI is InChI=1S/C36H34FN3O2S/c1-7-8-15-27-20-28(26(5)38-25(27)4)22-40-33-19-24(3)32(37)21-31(33)34(30-18-13-12-14-23(30)2)35(40)36(41)39-43(6,42)29-16-10-9-11-17-29/h7-13,15-21H,1-2,6,14,22H2,3-5H3,(H,39,41,42)/b15-8-. The first-order chi connectivity index (χ1) is 20.5. The highest BCUT2D eigenvalue weighted by Crippen LogP contribution is 2.39. The van der Waals surface area contributed by atoms with Crippen LogP contribution in [0.25, 0.3) is 22.6 Å². The van der Waals surface area contributed by atoms with E-state index in [0.29, 0.717) is 33.3 Å². The molecule has 0 fully saturated rings. The molecule has 2 aromatic carbocycles. The Morgan fingerprint density at radius 3 is 2.58 bits per heavy atom. The van der Waals surface area contributed by atoms with Crippen LogP contribution in [0.2, 0.25) is 0 Å². The van der Waals surface area contributed by atoms with E-state index in [1.807, 2.05) is 54.9 Å². The van der Waals surface area contributed by atoms with Crippen LogP contribution < -0.4 is 4.72 Å². The molecule has 0 aliphatic heterocycles. The molecule has 2 aromatic heterocycles. The Kier molecular flexibility index (Phi) is 8.20. The summed E-state index contributed by atoms with van der Waals surface area (Å²) in [6.45, 7) is 13.8. The lowest BCUT2D eigenvalue weighted by Crippen LogP contribution is -2.33. The van der Waals surface area contributed by atoms with E-state index in [2.05, 4.69) is 23.8 Å². The lowest BCUT2D eigenvalue weighted by atomic mass is 9.91. The summed E-state index contributed by atoms with van der Waals surface area (Å²) in [6.07, 6.45) is 11.8. The summed E-state index contributed by atoms with van der Waals surface area (Å²) in [4.78, 5) is 19.5. The zero-order valence-electron chi connectivity index (χ0n) is 24.6. The molecule has 0 saturated heterocycles. The summed E-state index contributed by atoms with van der Waals surface area (Å²) in [5.74, 6) is 2.91. The number of pyridine rings is 1. The number of aryl methyl sites for hydroxylation is 3. The molecule has 1 unspecified atom stereocenters. The second kappa shape index (κ2) is 11.9. The molecular formula is C36H34FN3O2S. The molecule has 1 aliphatic rings. The van der Waals surface area contributed by atoms with Crippen molar-refractivity contribution in [1.82, 2.24) is 14.3 Å². The fraction of sp³-hybridized carbons (Fsp3) is 0.139. The number of fused-ring (bicyclic) bond motifs is 1. The van der Waals surface area contributed by atoms with E-state index < -0.39 is 15.6 Å². The maximum Gasteiger partial charge on any atom is 0.280 e. The molecular weight excluding hydrogens is 557 g/mol. The second-order valence-electron chi connectivity index (χ2n) is 10.7. The van der Waals surface area contributed by atoms with Crippen molar-refractivity contribution in [3.63, 3.8) is 0 Å². The highest BCUT2D eigenvalue weighted by molar-refractivity contribution is 7.99. The molecule has 1 amide bonds. The largest absolute Gasteiger partial charge is 0.331 e. The number of allylic oxidation sites excluding steroid dienone is 7. The lowest BCUT2D eigenvalue weighted by molar-refractivity contribution is 0.0974. The highest BCUT2D eigenvalue weighted by Gasteiger charge is 2.29. The molecule has 218 valence electrons. The molecule has 5 rings (SSSR count). The number of amides is 1. The SMILES string of the molecule is C=C/C=C\c1cc(Cn2c(C(=O)NS(=C)(=O)c3ccccc3)c(C3=CC=CCC3=C)c3cc(F)c(C)cc32)c(C)nc1C. The molecule has 7 heteroatoms. The van der Waals surface area contributed by atoms with E-state index in [0.717, 1.165) is 33.7 Å². The third-order valence-corrected chi connectivity index (χ3v) is 9.19. The van der Waals surface area contributed by atoms with Crippen LogP contribution >= 0.6 is 0 Å². The van der Waals surface area contributed by atoms with Crippen LogP contribution in [0, 0.1) is 26.6 Å². The van der Waals surface area contributed by atoms with E-state index in [1.54, 1.807) is 49.4 Å². The second-order valence-corrected chi connectivity index (χ2v) is 12.7. The third-order valence-electron chi connectivity index (χ3n) is 7.64. The van der Waals surface area contributed by atoms with Gasteiger partial charge in [0.05, 0.1) is 21.8 Å². The van der Waals surface area contributed by atoms with Crippen molar-refractivity contribution in [3.05, 3.63) is 143 Å². The number of carbonyl (C=O) groups is 1. The molecule has 0 saturated carbocycles. The van der Waals surface area contributed by atoms with Crippen molar-refractivity contribution in [2.24, 2.45) is 0 Å². The van der Waals surface area contributed by atoms with Gasteiger partial charge in [0.1, 0.15) is 11.5 Å². The van der Waals surface area contributed by atoms with Gasteiger partial charge in [0.25, 0.3) is 5.91 Å². The maximum atomic E-state index is 15.2. The first-order valence-electron chi connectivity index (χ1n) is 13.9. The van der Waals surface area contributed by atoms with Gasteiger partial charge in [-0.15, -0.1) is 0 Å². The molecule has 43 heavy (non-hydrogen) atoms. The van der Waals surface area contributed by atoms with Gasteiger partial charge in [0, 0.05) is 27.2 Å². The van der Waals surface area contributed by atoms with E-state index in [1.165, 1.54) is 6.07 Å². The number of benzene rings is 2. The zero-order chi connectivity index (χ0) is 30.9. The van der Waals surface area contributed by atoms with Crippen LogP contribution in [0.3, 0.4) is 0 Å². The summed E-state index contributed by atoms with van der Waals surface area (Å²) in [7, 11) is -3.22. The van der Waals surface area contributed by atoms with E-state index in [9.17, 15) is 9.00 Å². The number of hydrogen-bond donors (Lipinski definition) is 1. The van der Waals surface area contributed by atoms with Gasteiger partial charge in [-0.2, -0.15) is 0 Å². The lowest BCUT2D eigenvalue weighted by Gasteiger charge is -2.18. The van der Waals surface area contributed by atoms with Crippen molar-refractivity contribution < 1.29 is 13.4 Å². The summed E-state index contributed by atoms with van der Waals surface area (Å²) >= 11 is 0. The highest BCUT2D eigenvalue weighted by atomic mass is 32.2. The Hall–Kier alpha value is -4.75. The number of nitrogens with one attached hydrogen (secondary N) is 1. The number of hydrogen-bond acceptors (Lipinski definition) is 3. The minimum Gasteiger partial charge on any atom is -0.331 e. The summed E-state index contributed by atoms with van der Waals surface area (Å²) in [5.41, 5.74) is 6.88. The molecule has 2 heterocycles. The molecule has 1 N–H and O–H groups in total. The first-order valence-corrected chi connectivity index (χ1v) is 15.6. The van der Waals surface area contributed by atoms with Crippen LogP contribution in [0.4, 0.5) is 4.39 Å². The van der Waals surface area contributed by atoms with Crippen molar-refractivity contribution in [1.29, 1.82) is 0 Å². The molecule has 4 aromatic rings. The molecule has 0 spiro atoms. The Morgan fingerprint density at radius 1 is 1.14 bits per heavy atom. The van der Waals surface area contributed by atoms with Crippen molar-refractivity contribution >= 4 is 44.0 Å². The zero-order valence-corrected chi connectivity index (χ0v) is 25.4. The minimum absolute atomic E-state index is 0.248. The average molecular weight is 592 g/mol. The normalized spacial score (nSPS) is 14.6. The number of carbonyl (C=O) groups excluding carboxylic acids is 1. The van der Waals surface area contributed by atoms with Gasteiger partial charge in [-0.3, -0.25) is 14.5 Å². The Balaban J connectivity index is 1.79. The first kappa shape index (κ1) is 29.7. The van der Waals surface area contributed by atoms with Gasteiger partial charge in [-0.1, -0.05) is 67.8 Å². The van der Waals surface area contributed by atoms with Crippen molar-refractivity contribution in [3.8, 4) is 0 Å². The molecule has 0 radical (unpaired) electrons. The number of aromatic nitrogens is 2. The predicted octanol–water partition coefficient (Wildman–Crippen LogP) is 7.67. The van der Waals surface area contributed by atoms with Crippen LogP contribution in [0.5, 0.6) is 0 Å². The molecule has 5 nitrogen and oxygen atoms in total. The number of rotatable bonds is 8. The average Bonchev–Trinajstić information content (AvgIpc) is 3.27. The predicted molar refractivity (Wildman–Crippen MR) is 177 cm³/mol. The van der Waals surface area contributed by atoms with Gasteiger partial charge in [-0.05, 0) is 91.2 Å². The third kappa shape index (κ3) is 5.81. The topological polar surface area (TPSA) is 64.0 Å². The summed E-state index contributed by atoms with van der Waals surface area (Å²) < 4.78 is 33.5. The van der Waals surface area contributed by atoms with Crippen LogP contribution in [-0.4, -0.2) is 25.5 Å². The smallest absolute Gasteiger partial charge is 0.280 e. The quantitative estimate of drug-likeness (QED) is 0.169. The van der Waals surface area contributed by atoms with Gasteiger partial charge in [0.2, 0.25) is 0 Å². The van der Waals surface area contributed by atoms with Crippen LogP contribution in [0.15, 0.2) is 103 Å². The van der Waals surface area contributed by atoms with Gasteiger partial charge in [-0.25, -0.2) is 8.60 Å². The van der Waals surface area contributed by atoms with Crippen molar-refractivity contribution in [2.45, 2.75) is 38.6 Å². The Morgan fingerprint density at radius 2 is 1.88 bits per heavy atom. The van der Waals surface area contributed by atoms with Gasteiger partial charge >= 0.3 is 0 Å². The summed E-state index contributed by atoms with van der Waals surface area (Å²) in [6, 6.07) is 13.9. The van der Waals surface area contributed by atoms with Crippen LogP contribution in [0.1, 0.15) is 50.6 Å². The molecule has 1 atom stereocenters. The van der Waals surface area contributed by atoms with E-state index in [4.69, 9.17) is 4.98 Å². The summed E-state index contributed by atoms with van der Waals surface area (Å²) in [5, 5.41) is 0.565. The van der Waals surface area contributed by atoms with Gasteiger partial charge in [0.15, 0.2) is 0 Å². The van der Waals surface area contributed by atoms with Crippen LogP contribution in [-0.2, 0) is 16.3 Å².